The van der Waals surface area contributed by atoms with Crippen LogP contribution >= 0.6 is 11.8 Å². The molecular weight excluding hydrogens is 206 g/mol. The average Bonchev–Trinajstić information content (AvgIpc) is 2.16. The summed E-state index contributed by atoms with van der Waals surface area (Å²) in [4.78, 5) is 0. The second kappa shape index (κ2) is 5.01. The van der Waals surface area contributed by atoms with Crippen LogP contribution in [0.4, 0.5) is 0 Å². The van der Waals surface area contributed by atoms with Gasteiger partial charge in [-0.3, -0.25) is 0 Å². The van der Waals surface area contributed by atoms with Gasteiger partial charge in [0.15, 0.2) is 0 Å². The molecule has 1 aromatic rings. The molecule has 0 amide bonds. The van der Waals surface area contributed by atoms with Crippen LogP contribution in [-0.2, 0) is 4.74 Å². The quantitative estimate of drug-likeness (QED) is 0.849. The summed E-state index contributed by atoms with van der Waals surface area (Å²) in [5, 5.41) is 0.668. The lowest BCUT2D eigenvalue weighted by atomic mass is 10.1. The first-order chi connectivity index (χ1) is 7.25. The third kappa shape index (κ3) is 2.97. The number of thioether (sulfide) groups is 1. The first-order valence-electron chi connectivity index (χ1n) is 5.27. The molecule has 1 aliphatic rings. The van der Waals surface area contributed by atoms with E-state index in [9.17, 15) is 0 Å². The Balaban J connectivity index is 1.83. The largest absolute Gasteiger partial charge is 0.379 e. The average molecular weight is 223 g/mol. The fourth-order valence-corrected chi connectivity index (χ4v) is 2.52. The predicted octanol–water partition coefficient (Wildman–Crippen LogP) is 2.13. The topological polar surface area (TPSA) is 35.2 Å². The van der Waals surface area contributed by atoms with Crippen LogP contribution in [0.1, 0.15) is 17.2 Å². The molecule has 1 atom stereocenters. The summed E-state index contributed by atoms with van der Waals surface area (Å²) in [6.07, 6.45) is 0. The van der Waals surface area contributed by atoms with E-state index >= 15 is 0 Å². The molecule has 0 radical (unpaired) electrons. The SMILES string of the molecule is Cc1ccc(C(N)CSC2COC2)cc1. The van der Waals surface area contributed by atoms with Crippen molar-refractivity contribution in [2.75, 3.05) is 19.0 Å². The number of hydrogen-bond donors (Lipinski definition) is 1. The Morgan fingerprint density at radius 2 is 2.07 bits per heavy atom. The van der Waals surface area contributed by atoms with E-state index in [-0.39, 0.29) is 6.04 Å². The van der Waals surface area contributed by atoms with E-state index in [4.69, 9.17) is 10.5 Å². The summed E-state index contributed by atoms with van der Waals surface area (Å²) in [5.74, 6) is 0.983. The Bertz CT molecular complexity index is 308. The Hall–Kier alpha value is -0.510. The molecule has 0 aromatic heterocycles. The molecule has 1 unspecified atom stereocenters. The number of hydrogen-bond acceptors (Lipinski definition) is 3. The molecule has 1 aliphatic heterocycles. The number of aryl methyl sites for hydroxylation is 1. The smallest absolute Gasteiger partial charge is 0.0607 e. The standard InChI is InChI=1S/C12H17NOS/c1-9-2-4-10(5-3-9)12(13)8-15-11-6-14-7-11/h2-5,11-12H,6-8,13H2,1H3. The van der Waals surface area contributed by atoms with Gasteiger partial charge in [-0.2, -0.15) is 11.8 Å². The summed E-state index contributed by atoms with van der Waals surface area (Å²) < 4.78 is 5.13. The van der Waals surface area contributed by atoms with Gasteiger partial charge in [0.1, 0.15) is 0 Å². The highest BCUT2D eigenvalue weighted by atomic mass is 32.2. The van der Waals surface area contributed by atoms with Crippen LogP contribution in [0.25, 0.3) is 0 Å². The Morgan fingerprint density at radius 3 is 2.60 bits per heavy atom. The molecule has 0 spiro atoms. The lowest BCUT2D eigenvalue weighted by molar-refractivity contribution is 0.0455. The molecule has 0 bridgehead atoms. The molecule has 1 heterocycles. The highest BCUT2D eigenvalue weighted by molar-refractivity contribution is 8.00. The van der Waals surface area contributed by atoms with E-state index < -0.39 is 0 Å². The molecule has 2 N–H and O–H groups in total. The van der Waals surface area contributed by atoms with Gasteiger partial charge >= 0.3 is 0 Å². The van der Waals surface area contributed by atoms with Gasteiger partial charge in [0, 0.05) is 11.8 Å². The van der Waals surface area contributed by atoms with E-state index in [1.807, 2.05) is 11.8 Å². The monoisotopic (exact) mass is 223 g/mol. The maximum atomic E-state index is 6.11. The second-order valence-corrected chi connectivity index (χ2v) is 5.34. The van der Waals surface area contributed by atoms with Crippen LogP contribution in [0.5, 0.6) is 0 Å². The van der Waals surface area contributed by atoms with E-state index in [2.05, 4.69) is 31.2 Å². The van der Waals surface area contributed by atoms with Crippen molar-refractivity contribution in [2.24, 2.45) is 5.73 Å². The van der Waals surface area contributed by atoms with Crippen molar-refractivity contribution < 1.29 is 4.74 Å². The molecule has 15 heavy (non-hydrogen) atoms. The predicted molar refractivity (Wildman–Crippen MR) is 65.2 cm³/mol. The third-order valence-electron chi connectivity index (χ3n) is 2.62. The zero-order chi connectivity index (χ0) is 10.7. The fourth-order valence-electron chi connectivity index (χ4n) is 1.46. The number of ether oxygens (including phenoxy) is 1. The van der Waals surface area contributed by atoms with Crippen LogP contribution in [0.3, 0.4) is 0 Å². The molecule has 3 heteroatoms. The van der Waals surface area contributed by atoms with Crippen LogP contribution < -0.4 is 5.73 Å². The van der Waals surface area contributed by atoms with E-state index in [0.29, 0.717) is 5.25 Å². The number of benzene rings is 1. The zero-order valence-electron chi connectivity index (χ0n) is 8.98. The van der Waals surface area contributed by atoms with Crippen LogP contribution in [0.15, 0.2) is 24.3 Å². The maximum Gasteiger partial charge on any atom is 0.0607 e. The lowest BCUT2D eigenvalue weighted by Gasteiger charge is -2.26. The fraction of sp³-hybridized carbons (Fsp3) is 0.500. The van der Waals surface area contributed by atoms with Crippen LogP contribution in [0, 0.1) is 6.92 Å². The van der Waals surface area contributed by atoms with E-state index in [0.717, 1.165) is 19.0 Å². The summed E-state index contributed by atoms with van der Waals surface area (Å²) >= 11 is 1.92. The zero-order valence-corrected chi connectivity index (χ0v) is 9.80. The molecule has 2 nitrogen and oxygen atoms in total. The Labute approximate surface area is 95.2 Å². The van der Waals surface area contributed by atoms with Gasteiger partial charge in [-0.15, -0.1) is 0 Å². The van der Waals surface area contributed by atoms with Gasteiger partial charge in [-0.1, -0.05) is 29.8 Å². The van der Waals surface area contributed by atoms with Crippen molar-refractivity contribution in [3.05, 3.63) is 35.4 Å². The van der Waals surface area contributed by atoms with Gasteiger partial charge in [-0.05, 0) is 12.5 Å². The summed E-state index contributed by atoms with van der Waals surface area (Å²) in [6.45, 7) is 3.88. The maximum absolute atomic E-state index is 6.11. The van der Waals surface area contributed by atoms with Gasteiger partial charge in [0.2, 0.25) is 0 Å². The first kappa shape index (κ1) is 11.0. The molecule has 82 valence electrons. The van der Waals surface area contributed by atoms with Crippen molar-refractivity contribution >= 4 is 11.8 Å². The number of rotatable bonds is 4. The molecule has 2 rings (SSSR count). The van der Waals surface area contributed by atoms with E-state index in [1.165, 1.54) is 11.1 Å². The Morgan fingerprint density at radius 1 is 1.40 bits per heavy atom. The third-order valence-corrected chi connectivity index (χ3v) is 3.92. The Kier molecular flexibility index (Phi) is 3.67. The summed E-state index contributed by atoms with van der Waals surface area (Å²) in [7, 11) is 0. The normalized spacial score (nSPS) is 18.5. The molecule has 0 saturated carbocycles. The highest BCUT2D eigenvalue weighted by Crippen LogP contribution is 2.24. The minimum absolute atomic E-state index is 0.149. The number of nitrogens with two attached hydrogens (primary N) is 1. The van der Waals surface area contributed by atoms with Crippen molar-refractivity contribution in [1.82, 2.24) is 0 Å². The highest BCUT2D eigenvalue weighted by Gasteiger charge is 2.19. The van der Waals surface area contributed by atoms with Crippen molar-refractivity contribution in [3.8, 4) is 0 Å². The van der Waals surface area contributed by atoms with Gasteiger partial charge in [0.25, 0.3) is 0 Å². The molecule has 1 saturated heterocycles. The van der Waals surface area contributed by atoms with E-state index in [1.54, 1.807) is 0 Å². The van der Waals surface area contributed by atoms with Crippen molar-refractivity contribution in [2.45, 2.75) is 18.2 Å². The van der Waals surface area contributed by atoms with Gasteiger partial charge in [0.05, 0.1) is 18.5 Å². The van der Waals surface area contributed by atoms with Crippen LogP contribution in [0.2, 0.25) is 0 Å². The van der Waals surface area contributed by atoms with Crippen LogP contribution in [-0.4, -0.2) is 24.2 Å². The first-order valence-corrected chi connectivity index (χ1v) is 6.32. The van der Waals surface area contributed by atoms with Crippen molar-refractivity contribution in [3.63, 3.8) is 0 Å². The van der Waals surface area contributed by atoms with Gasteiger partial charge in [-0.25, -0.2) is 0 Å². The summed E-state index contributed by atoms with van der Waals surface area (Å²) in [5.41, 5.74) is 8.62. The molecule has 1 fully saturated rings. The minimum Gasteiger partial charge on any atom is -0.379 e. The van der Waals surface area contributed by atoms with Crippen molar-refractivity contribution in [1.29, 1.82) is 0 Å². The molecular formula is C12H17NOS. The summed E-state index contributed by atoms with van der Waals surface area (Å²) in [6, 6.07) is 8.63. The molecule has 1 aromatic carbocycles. The second-order valence-electron chi connectivity index (χ2n) is 4.01. The lowest BCUT2D eigenvalue weighted by Crippen LogP contribution is -2.31. The van der Waals surface area contributed by atoms with Gasteiger partial charge < -0.3 is 10.5 Å². The molecule has 0 aliphatic carbocycles. The minimum atomic E-state index is 0.149.